The first-order chi connectivity index (χ1) is 10.5. The molecule has 0 aromatic heterocycles. The molecule has 0 fully saturated rings. The van der Waals surface area contributed by atoms with Crippen molar-refractivity contribution in [1.29, 1.82) is 0 Å². The Morgan fingerprint density at radius 3 is 2.41 bits per heavy atom. The van der Waals surface area contributed by atoms with E-state index in [1.165, 1.54) is 6.92 Å². The van der Waals surface area contributed by atoms with Crippen LogP contribution in [0.1, 0.15) is 6.92 Å². The number of carbonyl (C=O) groups is 2. The average molecular weight is 319 g/mol. The number of amides is 2. The summed E-state index contributed by atoms with van der Waals surface area (Å²) >= 11 is 5.84. The molecule has 0 aliphatic carbocycles. The Bertz CT molecular complexity index is 689. The molecular weight excluding hydrogens is 304 g/mol. The van der Waals surface area contributed by atoms with E-state index in [0.717, 1.165) is 0 Å². The lowest BCUT2D eigenvalue weighted by Crippen LogP contribution is -2.20. The van der Waals surface area contributed by atoms with Crippen LogP contribution in [0.5, 0.6) is 5.75 Å². The fraction of sp³-hybridized carbons (Fsp3) is 0.125. The van der Waals surface area contributed by atoms with E-state index in [0.29, 0.717) is 22.1 Å². The minimum absolute atomic E-state index is 0.143. The summed E-state index contributed by atoms with van der Waals surface area (Å²) in [5, 5.41) is 5.87. The Labute approximate surface area is 133 Å². The van der Waals surface area contributed by atoms with Crippen LogP contribution in [-0.4, -0.2) is 18.4 Å². The van der Waals surface area contributed by atoms with Crippen LogP contribution in [0.25, 0.3) is 0 Å². The van der Waals surface area contributed by atoms with Gasteiger partial charge in [-0.2, -0.15) is 0 Å². The molecule has 0 aliphatic rings. The van der Waals surface area contributed by atoms with Gasteiger partial charge in [0.05, 0.1) is 0 Å². The number of benzene rings is 2. The summed E-state index contributed by atoms with van der Waals surface area (Å²) in [6.07, 6.45) is 0. The topological polar surface area (TPSA) is 67.4 Å². The van der Waals surface area contributed by atoms with E-state index < -0.39 is 0 Å². The van der Waals surface area contributed by atoms with Gasteiger partial charge in [0, 0.05) is 29.4 Å². The summed E-state index contributed by atoms with van der Waals surface area (Å²) in [6, 6.07) is 13.7. The van der Waals surface area contributed by atoms with Crippen molar-refractivity contribution < 1.29 is 14.3 Å². The van der Waals surface area contributed by atoms with Crippen molar-refractivity contribution >= 4 is 34.8 Å². The molecule has 0 spiro atoms. The molecule has 0 unspecified atom stereocenters. The summed E-state index contributed by atoms with van der Waals surface area (Å²) in [7, 11) is 0. The highest BCUT2D eigenvalue weighted by molar-refractivity contribution is 6.30. The van der Waals surface area contributed by atoms with E-state index in [2.05, 4.69) is 10.6 Å². The third kappa shape index (κ3) is 5.10. The minimum Gasteiger partial charge on any atom is -0.484 e. The molecule has 2 aromatic rings. The lowest BCUT2D eigenvalue weighted by atomic mass is 10.3. The quantitative estimate of drug-likeness (QED) is 0.888. The second-order valence-corrected chi connectivity index (χ2v) is 4.99. The number of carbonyl (C=O) groups excluding carboxylic acids is 2. The Morgan fingerprint density at radius 2 is 1.73 bits per heavy atom. The van der Waals surface area contributed by atoms with E-state index in [1.54, 1.807) is 48.5 Å². The highest BCUT2D eigenvalue weighted by Gasteiger charge is 2.05. The number of nitrogens with one attached hydrogen (secondary N) is 2. The van der Waals surface area contributed by atoms with E-state index in [-0.39, 0.29) is 18.4 Å². The first-order valence-corrected chi connectivity index (χ1v) is 6.96. The van der Waals surface area contributed by atoms with Crippen molar-refractivity contribution in [2.24, 2.45) is 0 Å². The number of ether oxygens (including phenoxy) is 1. The predicted molar refractivity (Wildman–Crippen MR) is 86.3 cm³/mol. The van der Waals surface area contributed by atoms with E-state index in [1.807, 2.05) is 0 Å². The van der Waals surface area contributed by atoms with Crippen molar-refractivity contribution in [3.8, 4) is 5.75 Å². The zero-order valence-electron chi connectivity index (χ0n) is 11.9. The zero-order valence-corrected chi connectivity index (χ0v) is 12.7. The first kappa shape index (κ1) is 15.9. The van der Waals surface area contributed by atoms with Crippen molar-refractivity contribution in [2.75, 3.05) is 17.2 Å². The van der Waals surface area contributed by atoms with Crippen molar-refractivity contribution in [2.45, 2.75) is 6.92 Å². The van der Waals surface area contributed by atoms with Gasteiger partial charge >= 0.3 is 0 Å². The average Bonchev–Trinajstić information content (AvgIpc) is 2.45. The smallest absolute Gasteiger partial charge is 0.262 e. The number of rotatable bonds is 5. The van der Waals surface area contributed by atoms with Crippen molar-refractivity contribution in [3.05, 3.63) is 53.6 Å². The number of halogens is 1. The second kappa shape index (κ2) is 7.47. The normalized spacial score (nSPS) is 9.91. The first-order valence-electron chi connectivity index (χ1n) is 6.59. The Hall–Kier alpha value is -2.53. The van der Waals surface area contributed by atoms with Gasteiger partial charge in [-0.25, -0.2) is 0 Å². The molecule has 2 aromatic carbocycles. The molecule has 114 valence electrons. The molecule has 0 heterocycles. The van der Waals surface area contributed by atoms with Gasteiger partial charge in [0.2, 0.25) is 5.91 Å². The number of hydrogen-bond donors (Lipinski definition) is 2. The summed E-state index contributed by atoms with van der Waals surface area (Å²) < 4.78 is 5.40. The summed E-state index contributed by atoms with van der Waals surface area (Å²) in [5.41, 5.74) is 1.22. The van der Waals surface area contributed by atoms with Crippen LogP contribution in [0.4, 0.5) is 11.4 Å². The van der Waals surface area contributed by atoms with Gasteiger partial charge in [-0.1, -0.05) is 23.7 Å². The van der Waals surface area contributed by atoms with Crippen LogP contribution in [0, 0.1) is 0 Å². The van der Waals surface area contributed by atoms with Gasteiger partial charge in [0.15, 0.2) is 6.61 Å². The molecular formula is C16H15ClN2O3. The van der Waals surface area contributed by atoms with Gasteiger partial charge in [-0.3, -0.25) is 9.59 Å². The maximum atomic E-state index is 11.8. The SMILES string of the molecule is CC(=O)Nc1cccc(OCC(=O)Nc2cccc(Cl)c2)c1. The molecule has 2 amide bonds. The minimum atomic E-state index is -0.299. The molecule has 22 heavy (non-hydrogen) atoms. The van der Waals surface area contributed by atoms with Gasteiger partial charge in [-0.15, -0.1) is 0 Å². The van der Waals surface area contributed by atoms with Crippen LogP contribution >= 0.6 is 11.6 Å². The fourth-order valence-electron chi connectivity index (χ4n) is 1.78. The highest BCUT2D eigenvalue weighted by atomic mass is 35.5. The molecule has 0 saturated heterocycles. The second-order valence-electron chi connectivity index (χ2n) is 4.56. The third-order valence-electron chi connectivity index (χ3n) is 2.63. The largest absolute Gasteiger partial charge is 0.484 e. The van der Waals surface area contributed by atoms with Crippen molar-refractivity contribution in [3.63, 3.8) is 0 Å². The predicted octanol–water partition coefficient (Wildman–Crippen LogP) is 3.32. The molecule has 2 N–H and O–H groups in total. The maximum absolute atomic E-state index is 11.8. The number of hydrogen-bond acceptors (Lipinski definition) is 3. The van der Waals surface area contributed by atoms with Crippen LogP contribution < -0.4 is 15.4 Å². The van der Waals surface area contributed by atoms with Gasteiger partial charge in [-0.05, 0) is 30.3 Å². The van der Waals surface area contributed by atoms with E-state index in [4.69, 9.17) is 16.3 Å². The third-order valence-corrected chi connectivity index (χ3v) is 2.87. The van der Waals surface area contributed by atoms with Crippen LogP contribution in [-0.2, 0) is 9.59 Å². The molecule has 5 nitrogen and oxygen atoms in total. The molecule has 0 bridgehead atoms. The molecule has 0 atom stereocenters. The summed E-state index contributed by atoms with van der Waals surface area (Å²) in [5.74, 6) is 0.0236. The molecule has 0 saturated carbocycles. The molecule has 0 radical (unpaired) electrons. The summed E-state index contributed by atoms with van der Waals surface area (Å²) in [4.78, 5) is 22.8. The lowest BCUT2D eigenvalue weighted by molar-refractivity contribution is -0.118. The molecule has 0 aliphatic heterocycles. The zero-order chi connectivity index (χ0) is 15.9. The fourth-order valence-corrected chi connectivity index (χ4v) is 1.97. The van der Waals surface area contributed by atoms with Crippen LogP contribution in [0.2, 0.25) is 5.02 Å². The van der Waals surface area contributed by atoms with Gasteiger partial charge in [0.1, 0.15) is 5.75 Å². The monoisotopic (exact) mass is 318 g/mol. The van der Waals surface area contributed by atoms with Crippen LogP contribution in [0.15, 0.2) is 48.5 Å². The standard InChI is InChI=1S/C16H15ClN2O3/c1-11(20)18-14-6-3-7-15(9-14)22-10-16(21)19-13-5-2-4-12(17)8-13/h2-9H,10H2,1H3,(H,18,20)(H,19,21). The molecule has 6 heteroatoms. The van der Waals surface area contributed by atoms with Gasteiger partial charge < -0.3 is 15.4 Å². The Morgan fingerprint density at radius 1 is 1.05 bits per heavy atom. The highest BCUT2D eigenvalue weighted by Crippen LogP contribution is 2.18. The Kier molecular flexibility index (Phi) is 5.38. The van der Waals surface area contributed by atoms with Crippen LogP contribution in [0.3, 0.4) is 0 Å². The molecule has 2 rings (SSSR count). The van der Waals surface area contributed by atoms with Gasteiger partial charge in [0.25, 0.3) is 5.91 Å². The van der Waals surface area contributed by atoms with Crippen molar-refractivity contribution in [1.82, 2.24) is 0 Å². The maximum Gasteiger partial charge on any atom is 0.262 e. The van der Waals surface area contributed by atoms with E-state index in [9.17, 15) is 9.59 Å². The Balaban J connectivity index is 1.89. The van der Waals surface area contributed by atoms with E-state index >= 15 is 0 Å². The lowest BCUT2D eigenvalue weighted by Gasteiger charge is -2.09. The number of anilines is 2. The summed E-state index contributed by atoms with van der Waals surface area (Å²) in [6.45, 7) is 1.28.